The topological polar surface area (TPSA) is 67.8 Å². The first-order valence-corrected chi connectivity index (χ1v) is 10.4. The number of thioether (sulfide) groups is 1. The molecule has 8 heteroatoms. The van der Waals surface area contributed by atoms with Gasteiger partial charge in [-0.15, -0.1) is 21.5 Å². The first-order valence-electron chi connectivity index (χ1n) is 7.91. The zero-order valence-corrected chi connectivity index (χ0v) is 16.2. The van der Waals surface area contributed by atoms with Crippen LogP contribution >= 0.6 is 34.4 Å². The van der Waals surface area contributed by atoms with Crippen molar-refractivity contribution >= 4 is 55.7 Å². The van der Waals surface area contributed by atoms with Gasteiger partial charge in [0.15, 0.2) is 4.34 Å². The number of benzene rings is 2. The first-order chi connectivity index (χ1) is 12.7. The molecule has 1 amide bonds. The summed E-state index contributed by atoms with van der Waals surface area (Å²) in [6.45, 7) is 1.87. The molecule has 0 saturated carbocycles. The maximum Gasteiger partial charge on any atom is 0.239 e. The van der Waals surface area contributed by atoms with Gasteiger partial charge in [-0.25, -0.2) is 4.98 Å². The van der Waals surface area contributed by atoms with Gasteiger partial charge in [0, 0.05) is 5.56 Å². The maximum absolute atomic E-state index is 12.5. The van der Waals surface area contributed by atoms with Crippen LogP contribution in [0.2, 0.25) is 0 Å². The van der Waals surface area contributed by atoms with Crippen molar-refractivity contribution in [3.8, 4) is 10.6 Å². The lowest BCUT2D eigenvalue weighted by Crippen LogP contribution is -2.22. The largest absolute Gasteiger partial charge is 0.300 e. The molecule has 0 aliphatic heterocycles. The quantitative estimate of drug-likeness (QED) is 0.483. The average molecular weight is 399 g/mol. The Kier molecular flexibility index (Phi) is 4.96. The minimum atomic E-state index is -0.278. The number of amides is 1. The summed E-state index contributed by atoms with van der Waals surface area (Å²) in [5, 5.41) is 12.1. The molecule has 2 aromatic heterocycles. The molecule has 0 saturated heterocycles. The number of rotatable bonds is 5. The van der Waals surface area contributed by atoms with Gasteiger partial charge in [-0.05, 0) is 19.1 Å². The zero-order valence-electron chi connectivity index (χ0n) is 13.7. The third-order valence-corrected chi connectivity index (χ3v) is 6.71. The van der Waals surface area contributed by atoms with Crippen LogP contribution in [0.4, 0.5) is 5.13 Å². The van der Waals surface area contributed by atoms with Crippen LogP contribution in [-0.2, 0) is 4.79 Å². The van der Waals surface area contributed by atoms with Gasteiger partial charge >= 0.3 is 0 Å². The van der Waals surface area contributed by atoms with Crippen molar-refractivity contribution in [2.45, 2.75) is 16.5 Å². The van der Waals surface area contributed by atoms with Crippen LogP contribution < -0.4 is 5.32 Å². The van der Waals surface area contributed by atoms with Crippen molar-refractivity contribution in [1.82, 2.24) is 15.2 Å². The highest BCUT2D eigenvalue weighted by Gasteiger charge is 2.18. The second-order valence-electron chi connectivity index (χ2n) is 5.48. The van der Waals surface area contributed by atoms with E-state index in [4.69, 9.17) is 0 Å². The maximum atomic E-state index is 12.5. The van der Waals surface area contributed by atoms with Crippen LogP contribution in [0.3, 0.4) is 0 Å². The fourth-order valence-electron chi connectivity index (χ4n) is 2.28. The van der Waals surface area contributed by atoms with Crippen molar-refractivity contribution in [3.05, 3.63) is 54.6 Å². The number of hydrogen-bond acceptors (Lipinski definition) is 7. The molecule has 0 aliphatic carbocycles. The average Bonchev–Trinajstić information content (AvgIpc) is 3.28. The van der Waals surface area contributed by atoms with E-state index in [1.165, 1.54) is 23.1 Å². The van der Waals surface area contributed by atoms with Crippen LogP contribution in [0.1, 0.15) is 6.92 Å². The summed E-state index contributed by atoms with van der Waals surface area (Å²) in [7, 11) is 0. The van der Waals surface area contributed by atoms with Gasteiger partial charge in [-0.3, -0.25) is 10.1 Å². The van der Waals surface area contributed by atoms with Crippen LogP contribution in [0.5, 0.6) is 0 Å². The SMILES string of the molecule is CC(Sc1nc2ccccc2s1)C(=O)Nc1nnc(-c2ccccc2)s1. The van der Waals surface area contributed by atoms with E-state index >= 15 is 0 Å². The molecule has 4 aromatic rings. The first kappa shape index (κ1) is 17.1. The van der Waals surface area contributed by atoms with E-state index in [0.29, 0.717) is 5.13 Å². The molecule has 4 rings (SSSR count). The van der Waals surface area contributed by atoms with E-state index in [-0.39, 0.29) is 11.2 Å². The predicted octanol–water partition coefficient (Wildman–Crippen LogP) is 4.93. The number of para-hydroxylation sites is 1. The van der Waals surface area contributed by atoms with Crippen molar-refractivity contribution in [2.75, 3.05) is 5.32 Å². The van der Waals surface area contributed by atoms with Gasteiger partial charge in [-0.1, -0.05) is 65.6 Å². The molecule has 1 N–H and O–H groups in total. The summed E-state index contributed by atoms with van der Waals surface area (Å²) >= 11 is 4.41. The number of aromatic nitrogens is 3. The summed E-state index contributed by atoms with van der Waals surface area (Å²) < 4.78 is 2.01. The molecule has 5 nitrogen and oxygen atoms in total. The van der Waals surface area contributed by atoms with Gasteiger partial charge in [-0.2, -0.15) is 0 Å². The lowest BCUT2D eigenvalue weighted by Gasteiger charge is -2.07. The fraction of sp³-hybridized carbons (Fsp3) is 0.111. The standard InChI is InChI=1S/C18H14N4OS3/c1-11(24-18-19-13-9-5-6-10-14(13)25-18)15(23)20-17-22-21-16(26-17)12-7-3-2-4-8-12/h2-11H,1H3,(H,20,22,23). The summed E-state index contributed by atoms with van der Waals surface area (Å²) in [6, 6.07) is 17.8. The second-order valence-corrected chi connectivity index (χ2v) is 9.07. The number of fused-ring (bicyclic) bond motifs is 1. The summed E-state index contributed by atoms with van der Waals surface area (Å²) in [6.07, 6.45) is 0. The molecule has 0 spiro atoms. The Hall–Kier alpha value is -2.29. The number of hydrogen-bond donors (Lipinski definition) is 1. The number of thiazole rings is 1. The Labute approximate surface area is 162 Å². The van der Waals surface area contributed by atoms with E-state index in [1.54, 1.807) is 11.3 Å². The highest BCUT2D eigenvalue weighted by Crippen LogP contribution is 2.32. The monoisotopic (exact) mass is 398 g/mol. The Balaban J connectivity index is 1.42. The highest BCUT2D eigenvalue weighted by molar-refractivity contribution is 8.02. The fourth-order valence-corrected chi connectivity index (χ4v) is 5.25. The summed E-state index contributed by atoms with van der Waals surface area (Å²) in [4.78, 5) is 17.0. The number of carbonyl (C=O) groups excluding carboxylic acids is 1. The molecule has 26 heavy (non-hydrogen) atoms. The lowest BCUT2D eigenvalue weighted by molar-refractivity contribution is -0.115. The third-order valence-electron chi connectivity index (χ3n) is 3.60. The molecule has 2 aromatic carbocycles. The summed E-state index contributed by atoms with van der Waals surface area (Å²) in [5.41, 5.74) is 1.95. The van der Waals surface area contributed by atoms with Crippen molar-refractivity contribution in [2.24, 2.45) is 0 Å². The molecule has 130 valence electrons. The van der Waals surface area contributed by atoms with Crippen molar-refractivity contribution in [1.29, 1.82) is 0 Å². The molecule has 0 fully saturated rings. The van der Waals surface area contributed by atoms with Gasteiger partial charge in [0.1, 0.15) is 5.01 Å². The lowest BCUT2D eigenvalue weighted by atomic mass is 10.2. The minimum absolute atomic E-state index is 0.106. The van der Waals surface area contributed by atoms with Gasteiger partial charge in [0.05, 0.1) is 15.5 Å². The number of carbonyl (C=O) groups is 1. The number of nitrogens with one attached hydrogen (secondary N) is 1. The zero-order chi connectivity index (χ0) is 17.9. The van der Waals surface area contributed by atoms with E-state index in [1.807, 2.05) is 61.5 Å². The van der Waals surface area contributed by atoms with E-state index in [2.05, 4.69) is 20.5 Å². The van der Waals surface area contributed by atoms with E-state index in [9.17, 15) is 4.79 Å². The van der Waals surface area contributed by atoms with Gasteiger partial charge in [0.2, 0.25) is 11.0 Å². The molecule has 2 heterocycles. The Morgan fingerprint density at radius 1 is 1.04 bits per heavy atom. The second kappa shape index (κ2) is 7.53. The number of anilines is 1. The van der Waals surface area contributed by atoms with Gasteiger partial charge < -0.3 is 0 Å². The Morgan fingerprint density at radius 3 is 2.62 bits per heavy atom. The molecular formula is C18H14N4OS3. The third kappa shape index (κ3) is 3.77. The Bertz CT molecular complexity index is 1010. The molecule has 0 radical (unpaired) electrons. The minimum Gasteiger partial charge on any atom is -0.300 e. The predicted molar refractivity (Wildman–Crippen MR) is 109 cm³/mol. The van der Waals surface area contributed by atoms with Crippen LogP contribution in [-0.4, -0.2) is 26.3 Å². The Morgan fingerprint density at radius 2 is 1.81 bits per heavy atom. The van der Waals surface area contributed by atoms with Crippen LogP contribution in [0.15, 0.2) is 58.9 Å². The number of nitrogens with zero attached hydrogens (tertiary/aromatic N) is 3. The molecule has 1 unspecified atom stereocenters. The normalized spacial score (nSPS) is 12.2. The molecular weight excluding hydrogens is 384 g/mol. The molecule has 1 atom stereocenters. The van der Waals surface area contributed by atoms with Crippen molar-refractivity contribution in [3.63, 3.8) is 0 Å². The smallest absolute Gasteiger partial charge is 0.239 e. The van der Waals surface area contributed by atoms with E-state index in [0.717, 1.165) is 25.1 Å². The molecule has 0 bridgehead atoms. The van der Waals surface area contributed by atoms with Crippen molar-refractivity contribution < 1.29 is 4.79 Å². The van der Waals surface area contributed by atoms with Crippen LogP contribution in [0, 0.1) is 0 Å². The molecule has 0 aliphatic rings. The van der Waals surface area contributed by atoms with Crippen LogP contribution in [0.25, 0.3) is 20.8 Å². The highest BCUT2D eigenvalue weighted by atomic mass is 32.2. The van der Waals surface area contributed by atoms with E-state index < -0.39 is 0 Å². The summed E-state index contributed by atoms with van der Waals surface area (Å²) in [5.74, 6) is -0.106. The van der Waals surface area contributed by atoms with Gasteiger partial charge in [0.25, 0.3) is 0 Å².